The predicted molar refractivity (Wildman–Crippen MR) is 101 cm³/mol. The van der Waals surface area contributed by atoms with Crippen molar-refractivity contribution in [2.24, 2.45) is 0 Å². The van der Waals surface area contributed by atoms with Crippen LogP contribution < -0.4 is 4.31 Å². The highest BCUT2D eigenvalue weighted by molar-refractivity contribution is 7.92. The Bertz CT molecular complexity index is 1130. The molecule has 0 saturated heterocycles. The van der Waals surface area contributed by atoms with E-state index in [1.165, 1.54) is 37.4 Å². The summed E-state index contributed by atoms with van der Waals surface area (Å²) in [6.07, 6.45) is 1.59. The second kappa shape index (κ2) is 6.70. The van der Waals surface area contributed by atoms with Crippen molar-refractivity contribution >= 4 is 32.6 Å². The lowest BCUT2D eigenvalue weighted by atomic mass is 10.0. The maximum Gasteiger partial charge on any atom is 0.340 e. The van der Waals surface area contributed by atoms with E-state index in [2.05, 4.69) is 0 Å². The SMILES string of the molecule is CCc1cc2c(C(=O)O)c(-c3ccc(F)cc3)oc2cc1N(C)S(C)(=O)=O. The van der Waals surface area contributed by atoms with Crippen LogP contribution in [0.25, 0.3) is 22.3 Å². The maximum absolute atomic E-state index is 13.2. The Morgan fingerprint density at radius 2 is 1.85 bits per heavy atom. The molecule has 0 saturated carbocycles. The fourth-order valence-corrected chi connectivity index (χ4v) is 3.48. The fourth-order valence-electron chi connectivity index (χ4n) is 2.95. The zero-order valence-corrected chi connectivity index (χ0v) is 15.8. The van der Waals surface area contributed by atoms with Crippen LogP contribution >= 0.6 is 0 Å². The molecule has 0 aliphatic heterocycles. The Hall–Kier alpha value is -2.87. The molecule has 1 aromatic heterocycles. The van der Waals surface area contributed by atoms with Gasteiger partial charge in [-0.05, 0) is 42.3 Å². The molecule has 0 unspecified atom stereocenters. The van der Waals surface area contributed by atoms with Crippen molar-refractivity contribution in [1.82, 2.24) is 0 Å². The summed E-state index contributed by atoms with van der Waals surface area (Å²) in [5, 5.41) is 10.1. The summed E-state index contributed by atoms with van der Waals surface area (Å²) in [7, 11) is -2.07. The predicted octanol–water partition coefficient (Wildman–Crippen LogP) is 3.90. The third-order valence-corrected chi connectivity index (χ3v) is 5.62. The minimum Gasteiger partial charge on any atom is -0.478 e. The zero-order valence-electron chi connectivity index (χ0n) is 15.0. The quantitative estimate of drug-likeness (QED) is 0.713. The van der Waals surface area contributed by atoms with Gasteiger partial charge in [-0.15, -0.1) is 0 Å². The Morgan fingerprint density at radius 1 is 1.22 bits per heavy atom. The van der Waals surface area contributed by atoms with Crippen molar-refractivity contribution in [1.29, 1.82) is 0 Å². The Balaban J connectivity index is 2.32. The summed E-state index contributed by atoms with van der Waals surface area (Å²) in [6.45, 7) is 1.85. The lowest BCUT2D eigenvalue weighted by molar-refractivity contribution is 0.0699. The lowest BCUT2D eigenvalue weighted by Crippen LogP contribution is -2.25. The van der Waals surface area contributed by atoms with Crippen LogP contribution in [0, 0.1) is 5.82 Å². The topological polar surface area (TPSA) is 87.8 Å². The van der Waals surface area contributed by atoms with Gasteiger partial charge < -0.3 is 9.52 Å². The number of carbonyl (C=O) groups is 1. The molecule has 1 heterocycles. The van der Waals surface area contributed by atoms with Gasteiger partial charge in [0.15, 0.2) is 0 Å². The number of carboxylic acid groups (broad SMARTS) is 1. The van der Waals surface area contributed by atoms with Crippen molar-refractivity contribution < 1.29 is 27.1 Å². The first-order valence-electron chi connectivity index (χ1n) is 8.16. The van der Waals surface area contributed by atoms with Gasteiger partial charge in [-0.3, -0.25) is 4.31 Å². The Labute approximate surface area is 155 Å². The number of anilines is 1. The first-order valence-corrected chi connectivity index (χ1v) is 10.0. The fraction of sp³-hybridized carbons (Fsp3) is 0.211. The van der Waals surface area contributed by atoms with Crippen LogP contribution in [0.3, 0.4) is 0 Å². The number of aryl methyl sites for hydroxylation is 1. The number of benzene rings is 2. The normalized spacial score (nSPS) is 11.7. The molecule has 3 rings (SSSR count). The second-order valence-corrected chi connectivity index (χ2v) is 8.19. The van der Waals surface area contributed by atoms with E-state index < -0.39 is 21.8 Å². The molecule has 0 radical (unpaired) electrons. The van der Waals surface area contributed by atoms with Crippen LogP contribution in [0.4, 0.5) is 10.1 Å². The summed E-state index contributed by atoms with van der Waals surface area (Å²) < 4.78 is 44.0. The molecule has 2 aromatic carbocycles. The number of sulfonamides is 1. The van der Waals surface area contributed by atoms with E-state index in [0.29, 0.717) is 28.6 Å². The van der Waals surface area contributed by atoms with Gasteiger partial charge in [0.25, 0.3) is 0 Å². The molecule has 0 spiro atoms. The standard InChI is InChI=1S/C19H18FNO5S/c1-4-11-9-14-16(10-15(11)21(2)27(3,24)25)26-18(17(14)19(22)23)12-5-7-13(20)8-6-12/h5-10H,4H2,1-3H3,(H,22,23). The molecule has 0 aliphatic carbocycles. The maximum atomic E-state index is 13.2. The van der Waals surface area contributed by atoms with Gasteiger partial charge in [-0.1, -0.05) is 6.92 Å². The number of hydrogen-bond acceptors (Lipinski definition) is 4. The van der Waals surface area contributed by atoms with E-state index in [9.17, 15) is 22.7 Å². The molecule has 3 aromatic rings. The molecule has 0 aliphatic rings. The summed E-state index contributed by atoms with van der Waals surface area (Å²) in [5.74, 6) is -1.53. The molecule has 6 nitrogen and oxygen atoms in total. The molecule has 0 bridgehead atoms. The second-order valence-electron chi connectivity index (χ2n) is 6.18. The van der Waals surface area contributed by atoms with E-state index in [1.54, 1.807) is 6.07 Å². The summed E-state index contributed by atoms with van der Waals surface area (Å²) in [4.78, 5) is 11.9. The number of aromatic carboxylic acids is 1. The smallest absolute Gasteiger partial charge is 0.340 e. The Morgan fingerprint density at radius 3 is 2.37 bits per heavy atom. The Kier molecular flexibility index (Phi) is 4.69. The highest BCUT2D eigenvalue weighted by Gasteiger charge is 2.25. The first kappa shape index (κ1) is 18.9. The minimum absolute atomic E-state index is 0.0418. The average Bonchev–Trinajstić information content (AvgIpc) is 2.98. The van der Waals surface area contributed by atoms with Crippen LogP contribution in [-0.2, 0) is 16.4 Å². The molecular formula is C19H18FNO5S. The number of nitrogens with zero attached hydrogens (tertiary/aromatic N) is 1. The van der Waals surface area contributed by atoms with E-state index >= 15 is 0 Å². The van der Waals surface area contributed by atoms with Gasteiger partial charge in [0.2, 0.25) is 10.0 Å². The van der Waals surface area contributed by atoms with Crippen molar-refractivity contribution in [3.63, 3.8) is 0 Å². The first-order chi connectivity index (χ1) is 12.6. The van der Waals surface area contributed by atoms with E-state index in [-0.39, 0.29) is 16.9 Å². The van der Waals surface area contributed by atoms with Crippen LogP contribution in [0.5, 0.6) is 0 Å². The largest absolute Gasteiger partial charge is 0.478 e. The molecule has 1 N–H and O–H groups in total. The van der Waals surface area contributed by atoms with Crippen LogP contribution in [0.15, 0.2) is 40.8 Å². The van der Waals surface area contributed by atoms with E-state index in [1.807, 2.05) is 6.92 Å². The minimum atomic E-state index is -3.50. The van der Waals surface area contributed by atoms with Gasteiger partial charge in [0.1, 0.15) is 22.7 Å². The van der Waals surface area contributed by atoms with Crippen molar-refractivity contribution in [3.8, 4) is 11.3 Å². The molecule has 0 amide bonds. The third kappa shape index (κ3) is 3.40. The van der Waals surface area contributed by atoms with E-state index in [0.717, 1.165) is 10.6 Å². The molecule has 0 atom stereocenters. The highest BCUT2D eigenvalue weighted by atomic mass is 32.2. The van der Waals surface area contributed by atoms with Crippen molar-refractivity contribution in [3.05, 3.63) is 53.3 Å². The number of halogens is 1. The summed E-state index contributed by atoms with van der Waals surface area (Å²) in [6, 6.07) is 8.46. The number of rotatable bonds is 5. The number of carboxylic acids is 1. The van der Waals surface area contributed by atoms with Crippen molar-refractivity contribution in [2.45, 2.75) is 13.3 Å². The monoisotopic (exact) mass is 391 g/mol. The van der Waals surface area contributed by atoms with Gasteiger partial charge in [-0.2, -0.15) is 0 Å². The average molecular weight is 391 g/mol. The van der Waals surface area contributed by atoms with Gasteiger partial charge in [0.05, 0.1) is 11.9 Å². The number of hydrogen-bond donors (Lipinski definition) is 1. The van der Waals surface area contributed by atoms with Gasteiger partial charge in [0, 0.05) is 24.1 Å². The highest BCUT2D eigenvalue weighted by Crippen LogP contribution is 2.37. The molecular weight excluding hydrogens is 373 g/mol. The zero-order chi connectivity index (χ0) is 19.9. The van der Waals surface area contributed by atoms with E-state index in [4.69, 9.17) is 4.42 Å². The molecule has 8 heteroatoms. The van der Waals surface area contributed by atoms with Crippen molar-refractivity contribution in [2.75, 3.05) is 17.6 Å². The summed E-state index contributed by atoms with van der Waals surface area (Å²) in [5.41, 5.74) is 1.71. The summed E-state index contributed by atoms with van der Waals surface area (Å²) >= 11 is 0. The lowest BCUT2D eigenvalue weighted by Gasteiger charge is -2.19. The third-order valence-electron chi connectivity index (χ3n) is 4.43. The van der Waals surface area contributed by atoms with Gasteiger partial charge in [-0.25, -0.2) is 17.6 Å². The van der Waals surface area contributed by atoms with Crippen LogP contribution in [0.1, 0.15) is 22.8 Å². The molecule has 27 heavy (non-hydrogen) atoms. The molecule has 0 fully saturated rings. The van der Waals surface area contributed by atoms with Crippen LogP contribution in [0.2, 0.25) is 0 Å². The molecule has 142 valence electrons. The number of furan rings is 1. The number of fused-ring (bicyclic) bond motifs is 1. The van der Waals surface area contributed by atoms with Gasteiger partial charge >= 0.3 is 5.97 Å². The van der Waals surface area contributed by atoms with Crippen LogP contribution in [-0.4, -0.2) is 32.8 Å².